The Kier molecular flexibility index (Phi) is 3.75. The van der Waals surface area contributed by atoms with Crippen LogP contribution in [0.25, 0.3) is 0 Å². The van der Waals surface area contributed by atoms with Crippen LogP contribution in [0.5, 0.6) is 5.88 Å². The maximum Gasteiger partial charge on any atom is 0.238 e. The number of rotatable bonds is 4. The first kappa shape index (κ1) is 10.8. The molecule has 6 heteroatoms. The van der Waals surface area contributed by atoms with Gasteiger partial charge in [-0.05, 0) is 13.0 Å². The van der Waals surface area contributed by atoms with Gasteiger partial charge >= 0.3 is 0 Å². The average Bonchev–Trinajstić information content (AvgIpc) is 2.26. The molecule has 4 N–H and O–H groups in total. The lowest BCUT2D eigenvalue weighted by atomic mass is 10.0. The molecule has 2 unspecified atom stereocenters. The topological polar surface area (TPSA) is 93.3 Å². The summed E-state index contributed by atoms with van der Waals surface area (Å²) < 4.78 is 5.00. The Morgan fingerprint density at radius 2 is 2.36 bits per heavy atom. The summed E-state index contributed by atoms with van der Waals surface area (Å²) in [6.45, 7) is 1.75. The van der Waals surface area contributed by atoms with Gasteiger partial charge in [0.25, 0.3) is 0 Å². The predicted molar refractivity (Wildman–Crippen MR) is 49.9 cm³/mol. The molecule has 0 amide bonds. The van der Waals surface area contributed by atoms with E-state index in [-0.39, 0.29) is 6.04 Å². The van der Waals surface area contributed by atoms with Gasteiger partial charge in [-0.1, -0.05) is 0 Å². The van der Waals surface area contributed by atoms with Gasteiger partial charge in [0, 0.05) is 11.6 Å². The molecule has 0 aliphatic carbocycles. The second kappa shape index (κ2) is 4.85. The number of aromatic nitrogens is 2. The van der Waals surface area contributed by atoms with E-state index in [4.69, 9.17) is 15.7 Å². The largest absolute Gasteiger partial charge is 0.480 e. The van der Waals surface area contributed by atoms with Crippen LogP contribution in [0.15, 0.2) is 12.3 Å². The molecule has 14 heavy (non-hydrogen) atoms. The van der Waals surface area contributed by atoms with Gasteiger partial charge in [0.15, 0.2) is 0 Å². The number of nitrogens with zero attached hydrogens (tertiary/aromatic N) is 2. The van der Waals surface area contributed by atoms with E-state index in [1.807, 2.05) is 0 Å². The molecule has 1 aromatic rings. The van der Waals surface area contributed by atoms with Crippen molar-refractivity contribution < 1.29 is 9.94 Å². The van der Waals surface area contributed by atoms with Crippen LogP contribution >= 0.6 is 0 Å². The van der Waals surface area contributed by atoms with E-state index in [1.54, 1.807) is 13.0 Å². The number of hydroxylamine groups is 1. The number of nitrogens with one attached hydrogen (secondary N) is 1. The Balaban J connectivity index is 2.93. The van der Waals surface area contributed by atoms with Crippen LogP contribution in [-0.4, -0.2) is 28.6 Å². The standard InChI is InChI=1S/C8H14N4O2/c1-5(12-13)7(9)6-3-4-10-11-8(6)14-2/h3-5,7,12-13H,9H2,1-2H3. The maximum atomic E-state index is 8.72. The molecule has 0 fully saturated rings. The molecular weight excluding hydrogens is 184 g/mol. The molecule has 0 aliphatic heterocycles. The second-order valence-corrected chi connectivity index (χ2v) is 2.94. The Bertz CT molecular complexity index is 294. The fourth-order valence-electron chi connectivity index (χ4n) is 1.09. The fraction of sp³-hybridized carbons (Fsp3) is 0.500. The monoisotopic (exact) mass is 198 g/mol. The van der Waals surface area contributed by atoms with Crippen molar-refractivity contribution in [3.8, 4) is 5.88 Å². The third-order valence-corrected chi connectivity index (χ3v) is 2.01. The quantitative estimate of drug-likeness (QED) is 0.583. The molecule has 0 aromatic carbocycles. The molecule has 0 saturated carbocycles. The van der Waals surface area contributed by atoms with E-state index >= 15 is 0 Å². The van der Waals surface area contributed by atoms with Crippen molar-refractivity contribution >= 4 is 0 Å². The summed E-state index contributed by atoms with van der Waals surface area (Å²) in [6.07, 6.45) is 1.53. The van der Waals surface area contributed by atoms with Gasteiger partial charge in [-0.2, -0.15) is 5.10 Å². The van der Waals surface area contributed by atoms with Crippen molar-refractivity contribution in [2.75, 3.05) is 7.11 Å². The van der Waals surface area contributed by atoms with Crippen molar-refractivity contribution in [1.29, 1.82) is 0 Å². The Morgan fingerprint density at radius 1 is 1.64 bits per heavy atom. The zero-order valence-electron chi connectivity index (χ0n) is 8.14. The molecule has 1 aromatic heterocycles. The fourth-order valence-corrected chi connectivity index (χ4v) is 1.09. The lowest BCUT2D eigenvalue weighted by molar-refractivity contribution is 0.120. The zero-order valence-corrected chi connectivity index (χ0v) is 8.14. The van der Waals surface area contributed by atoms with E-state index in [0.717, 1.165) is 0 Å². The van der Waals surface area contributed by atoms with Crippen molar-refractivity contribution in [3.63, 3.8) is 0 Å². The Morgan fingerprint density at radius 3 is 2.93 bits per heavy atom. The van der Waals surface area contributed by atoms with Gasteiger partial charge in [0.1, 0.15) is 0 Å². The third kappa shape index (κ3) is 2.16. The third-order valence-electron chi connectivity index (χ3n) is 2.01. The van der Waals surface area contributed by atoms with Crippen LogP contribution in [0.3, 0.4) is 0 Å². The predicted octanol–water partition coefficient (Wildman–Crippen LogP) is -0.148. The number of hydrogen-bond acceptors (Lipinski definition) is 6. The summed E-state index contributed by atoms with van der Waals surface area (Å²) in [6, 6.07) is 1.03. The summed E-state index contributed by atoms with van der Waals surface area (Å²) >= 11 is 0. The van der Waals surface area contributed by atoms with Crippen LogP contribution < -0.4 is 16.0 Å². The summed E-state index contributed by atoms with van der Waals surface area (Å²) in [7, 11) is 1.50. The van der Waals surface area contributed by atoms with Crippen LogP contribution in [0.1, 0.15) is 18.5 Å². The van der Waals surface area contributed by atoms with Gasteiger partial charge < -0.3 is 15.7 Å². The van der Waals surface area contributed by atoms with E-state index in [2.05, 4.69) is 15.7 Å². The highest BCUT2D eigenvalue weighted by Crippen LogP contribution is 2.21. The summed E-state index contributed by atoms with van der Waals surface area (Å²) in [5.74, 6) is 0.377. The molecule has 0 radical (unpaired) electrons. The normalized spacial score (nSPS) is 14.9. The second-order valence-electron chi connectivity index (χ2n) is 2.94. The van der Waals surface area contributed by atoms with E-state index in [0.29, 0.717) is 11.4 Å². The minimum atomic E-state index is -0.398. The maximum absolute atomic E-state index is 8.72. The Hall–Kier alpha value is -1.24. The summed E-state index contributed by atoms with van der Waals surface area (Å²) in [4.78, 5) is 0. The van der Waals surface area contributed by atoms with E-state index in [9.17, 15) is 0 Å². The highest BCUT2D eigenvalue weighted by molar-refractivity contribution is 5.27. The molecule has 6 nitrogen and oxygen atoms in total. The molecule has 1 rings (SSSR count). The van der Waals surface area contributed by atoms with Gasteiger partial charge in [-0.15, -0.1) is 5.10 Å². The first-order valence-corrected chi connectivity index (χ1v) is 4.21. The van der Waals surface area contributed by atoms with Crippen LogP contribution in [0.2, 0.25) is 0 Å². The smallest absolute Gasteiger partial charge is 0.238 e. The van der Waals surface area contributed by atoms with Crippen molar-refractivity contribution in [2.45, 2.75) is 19.0 Å². The average molecular weight is 198 g/mol. The van der Waals surface area contributed by atoms with E-state index in [1.165, 1.54) is 13.3 Å². The molecule has 1 heterocycles. The van der Waals surface area contributed by atoms with Crippen molar-refractivity contribution in [2.24, 2.45) is 5.73 Å². The first-order chi connectivity index (χ1) is 6.70. The summed E-state index contributed by atoms with van der Waals surface area (Å²) in [5, 5.41) is 16.2. The van der Waals surface area contributed by atoms with Crippen molar-refractivity contribution in [1.82, 2.24) is 15.7 Å². The van der Waals surface area contributed by atoms with Gasteiger partial charge in [0.05, 0.1) is 19.3 Å². The summed E-state index contributed by atoms with van der Waals surface area (Å²) in [5.41, 5.74) is 8.65. The minimum absolute atomic E-state index is 0.284. The SMILES string of the molecule is COc1nnccc1C(N)C(C)NO. The highest BCUT2D eigenvalue weighted by Gasteiger charge is 2.18. The first-order valence-electron chi connectivity index (χ1n) is 4.21. The molecule has 0 saturated heterocycles. The molecule has 0 aliphatic rings. The zero-order chi connectivity index (χ0) is 10.6. The lowest BCUT2D eigenvalue weighted by Gasteiger charge is -2.19. The minimum Gasteiger partial charge on any atom is -0.480 e. The van der Waals surface area contributed by atoms with Gasteiger partial charge in [-0.3, -0.25) is 0 Å². The van der Waals surface area contributed by atoms with E-state index < -0.39 is 6.04 Å². The molecule has 78 valence electrons. The van der Waals surface area contributed by atoms with Gasteiger partial charge in [-0.25, -0.2) is 5.48 Å². The molecular formula is C8H14N4O2. The molecule has 0 spiro atoms. The van der Waals surface area contributed by atoms with Crippen LogP contribution in [-0.2, 0) is 0 Å². The molecule has 2 atom stereocenters. The Labute approximate surface area is 82.1 Å². The number of hydrogen-bond donors (Lipinski definition) is 3. The van der Waals surface area contributed by atoms with Crippen molar-refractivity contribution in [3.05, 3.63) is 17.8 Å². The van der Waals surface area contributed by atoms with Crippen LogP contribution in [0.4, 0.5) is 0 Å². The highest BCUT2D eigenvalue weighted by atomic mass is 16.5. The number of ether oxygens (including phenoxy) is 1. The lowest BCUT2D eigenvalue weighted by Crippen LogP contribution is -2.34. The number of methoxy groups -OCH3 is 1. The molecule has 0 bridgehead atoms. The number of nitrogens with two attached hydrogens (primary N) is 1. The van der Waals surface area contributed by atoms with Crippen LogP contribution in [0, 0.1) is 0 Å². The van der Waals surface area contributed by atoms with Gasteiger partial charge in [0.2, 0.25) is 5.88 Å².